The van der Waals surface area contributed by atoms with Crippen molar-refractivity contribution in [2.75, 3.05) is 18.2 Å². The van der Waals surface area contributed by atoms with E-state index in [-0.39, 0.29) is 11.2 Å². The molecule has 128 valence electrons. The molecule has 0 bridgehead atoms. The van der Waals surface area contributed by atoms with Gasteiger partial charge in [-0.1, -0.05) is 24.6 Å². The van der Waals surface area contributed by atoms with Crippen LogP contribution in [0.15, 0.2) is 41.3 Å². The van der Waals surface area contributed by atoms with Gasteiger partial charge in [0.25, 0.3) is 0 Å². The summed E-state index contributed by atoms with van der Waals surface area (Å²) in [7, 11) is 1.55. The largest absolute Gasteiger partial charge is 0.495 e. The third kappa shape index (κ3) is 4.58. The van der Waals surface area contributed by atoms with E-state index in [9.17, 15) is 4.79 Å². The molecular formula is C18H21ClN2O2S. The minimum absolute atomic E-state index is 0.0788. The highest BCUT2D eigenvalue weighted by Crippen LogP contribution is 2.33. The Morgan fingerprint density at radius 1 is 1.38 bits per heavy atom. The number of nitrogens with one attached hydrogen (secondary N) is 1. The number of amides is 1. The first-order valence-electron chi connectivity index (χ1n) is 7.61. The first kappa shape index (κ1) is 18.5. The summed E-state index contributed by atoms with van der Waals surface area (Å²) >= 11 is 7.60. The average Bonchev–Trinajstić information content (AvgIpc) is 2.55. The molecule has 24 heavy (non-hydrogen) atoms. The van der Waals surface area contributed by atoms with Crippen LogP contribution in [0.5, 0.6) is 5.75 Å². The number of anilines is 2. The maximum Gasteiger partial charge on any atom is 0.237 e. The molecule has 0 aromatic heterocycles. The minimum atomic E-state index is -0.229. The number of carbonyl (C=O) groups excluding carboxylic acids is 1. The van der Waals surface area contributed by atoms with Gasteiger partial charge in [0.1, 0.15) is 5.75 Å². The van der Waals surface area contributed by atoms with Gasteiger partial charge in [-0.05, 0) is 43.2 Å². The van der Waals surface area contributed by atoms with Crippen LogP contribution < -0.4 is 15.8 Å². The summed E-state index contributed by atoms with van der Waals surface area (Å²) in [6.45, 7) is 3.87. The molecule has 0 radical (unpaired) electrons. The number of benzene rings is 2. The average molecular weight is 365 g/mol. The van der Waals surface area contributed by atoms with E-state index in [4.69, 9.17) is 22.1 Å². The van der Waals surface area contributed by atoms with Crippen LogP contribution in [-0.4, -0.2) is 18.3 Å². The van der Waals surface area contributed by atoms with E-state index in [1.165, 1.54) is 11.8 Å². The maximum atomic E-state index is 12.6. The summed E-state index contributed by atoms with van der Waals surface area (Å²) in [4.78, 5) is 13.6. The molecule has 2 rings (SSSR count). The zero-order chi connectivity index (χ0) is 17.7. The molecule has 1 unspecified atom stereocenters. The second-order valence-corrected chi connectivity index (χ2v) is 7.06. The van der Waals surface area contributed by atoms with Gasteiger partial charge in [-0.15, -0.1) is 11.8 Å². The van der Waals surface area contributed by atoms with E-state index in [1.807, 2.05) is 44.2 Å². The topological polar surface area (TPSA) is 64.4 Å². The number of rotatable bonds is 6. The summed E-state index contributed by atoms with van der Waals surface area (Å²) in [5, 5.41) is 3.31. The van der Waals surface area contributed by atoms with Crippen molar-refractivity contribution in [2.24, 2.45) is 0 Å². The lowest BCUT2D eigenvalue weighted by Crippen LogP contribution is -2.24. The van der Waals surface area contributed by atoms with Crippen molar-refractivity contribution in [1.29, 1.82) is 0 Å². The normalized spacial score (nSPS) is 11.8. The van der Waals surface area contributed by atoms with E-state index in [2.05, 4.69) is 5.32 Å². The van der Waals surface area contributed by atoms with Gasteiger partial charge in [0, 0.05) is 21.7 Å². The number of nitrogen functional groups attached to an aromatic ring is 1. The van der Waals surface area contributed by atoms with Crippen LogP contribution in [0.25, 0.3) is 0 Å². The Balaban J connectivity index is 2.16. The summed E-state index contributed by atoms with van der Waals surface area (Å²) < 4.78 is 5.31. The fourth-order valence-corrected chi connectivity index (χ4v) is 3.39. The molecule has 0 fully saturated rings. The molecule has 4 nitrogen and oxygen atoms in total. The number of ether oxygens (including phenoxy) is 1. The molecule has 0 spiro atoms. The molecule has 0 heterocycles. The van der Waals surface area contributed by atoms with Crippen molar-refractivity contribution >= 4 is 40.6 Å². The molecule has 1 atom stereocenters. The Morgan fingerprint density at radius 3 is 2.75 bits per heavy atom. The quantitative estimate of drug-likeness (QED) is 0.573. The van der Waals surface area contributed by atoms with Crippen LogP contribution in [0.1, 0.15) is 18.9 Å². The standard InChI is InChI=1S/C18H21ClN2O2S/c1-4-17(24-13-7-5-6-12(20)9-13)18(22)21-15-8-11(2)14(19)10-16(15)23-3/h5-10,17H,4,20H2,1-3H3,(H,21,22). The van der Waals surface area contributed by atoms with Crippen molar-refractivity contribution in [3.8, 4) is 5.75 Å². The van der Waals surface area contributed by atoms with E-state index in [0.29, 0.717) is 28.6 Å². The predicted molar refractivity (Wildman–Crippen MR) is 102 cm³/mol. The van der Waals surface area contributed by atoms with Gasteiger partial charge in [-0.25, -0.2) is 0 Å². The third-order valence-electron chi connectivity index (χ3n) is 3.54. The Morgan fingerprint density at radius 2 is 2.12 bits per heavy atom. The van der Waals surface area contributed by atoms with Crippen molar-refractivity contribution in [2.45, 2.75) is 30.4 Å². The lowest BCUT2D eigenvalue weighted by atomic mass is 10.2. The predicted octanol–water partition coefficient (Wildman–Crippen LogP) is 4.75. The fraction of sp³-hybridized carbons (Fsp3) is 0.278. The van der Waals surface area contributed by atoms with Crippen LogP contribution in [-0.2, 0) is 4.79 Å². The first-order chi connectivity index (χ1) is 11.4. The number of carbonyl (C=O) groups is 1. The van der Waals surface area contributed by atoms with Crippen molar-refractivity contribution in [1.82, 2.24) is 0 Å². The van der Waals surface area contributed by atoms with Gasteiger partial charge in [0.05, 0.1) is 18.0 Å². The van der Waals surface area contributed by atoms with E-state index < -0.39 is 0 Å². The smallest absolute Gasteiger partial charge is 0.237 e. The first-order valence-corrected chi connectivity index (χ1v) is 8.87. The molecule has 2 aromatic rings. The third-order valence-corrected chi connectivity index (χ3v) is 5.30. The summed E-state index contributed by atoms with van der Waals surface area (Å²) in [6.07, 6.45) is 0.695. The Kier molecular flexibility index (Phi) is 6.40. The number of halogens is 1. The lowest BCUT2D eigenvalue weighted by Gasteiger charge is -2.17. The molecule has 0 saturated heterocycles. The number of hydrogen-bond donors (Lipinski definition) is 2. The monoisotopic (exact) mass is 364 g/mol. The van der Waals surface area contributed by atoms with Crippen molar-refractivity contribution in [3.63, 3.8) is 0 Å². The van der Waals surface area contributed by atoms with Crippen LogP contribution in [0.2, 0.25) is 5.02 Å². The van der Waals surface area contributed by atoms with Gasteiger partial charge < -0.3 is 15.8 Å². The highest BCUT2D eigenvalue weighted by molar-refractivity contribution is 8.00. The molecule has 2 aromatic carbocycles. The molecular weight excluding hydrogens is 344 g/mol. The Labute approximate surface area is 151 Å². The Bertz CT molecular complexity index is 737. The fourth-order valence-electron chi connectivity index (χ4n) is 2.22. The van der Waals surface area contributed by atoms with Crippen molar-refractivity contribution in [3.05, 3.63) is 47.0 Å². The number of nitrogens with two attached hydrogens (primary N) is 1. The number of aryl methyl sites for hydroxylation is 1. The van der Waals surface area contributed by atoms with Crippen LogP contribution in [0.3, 0.4) is 0 Å². The second kappa shape index (κ2) is 8.31. The highest BCUT2D eigenvalue weighted by atomic mass is 35.5. The molecule has 0 aliphatic carbocycles. The van der Waals surface area contributed by atoms with Gasteiger partial charge in [0.2, 0.25) is 5.91 Å². The summed E-state index contributed by atoms with van der Waals surface area (Å²) in [6, 6.07) is 11.0. The van der Waals surface area contributed by atoms with E-state index in [1.54, 1.807) is 13.2 Å². The molecule has 0 aliphatic heterocycles. The number of thioether (sulfide) groups is 1. The second-order valence-electron chi connectivity index (χ2n) is 5.38. The number of methoxy groups -OCH3 is 1. The zero-order valence-electron chi connectivity index (χ0n) is 13.9. The van der Waals surface area contributed by atoms with Crippen LogP contribution >= 0.6 is 23.4 Å². The SMILES string of the molecule is CCC(Sc1cccc(N)c1)C(=O)Nc1cc(C)c(Cl)cc1OC. The Hall–Kier alpha value is -1.85. The highest BCUT2D eigenvalue weighted by Gasteiger charge is 2.20. The van der Waals surface area contributed by atoms with Crippen molar-refractivity contribution < 1.29 is 9.53 Å². The summed E-state index contributed by atoms with van der Waals surface area (Å²) in [5.74, 6) is 0.465. The molecule has 3 N–H and O–H groups in total. The minimum Gasteiger partial charge on any atom is -0.495 e. The van der Waals surface area contributed by atoms with Gasteiger partial charge >= 0.3 is 0 Å². The molecule has 0 saturated carbocycles. The molecule has 1 amide bonds. The lowest BCUT2D eigenvalue weighted by molar-refractivity contribution is -0.115. The van der Waals surface area contributed by atoms with Crippen LogP contribution in [0.4, 0.5) is 11.4 Å². The van der Waals surface area contributed by atoms with E-state index >= 15 is 0 Å². The van der Waals surface area contributed by atoms with Gasteiger partial charge in [-0.2, -0.15) is 0 Å². The van der Waals surface area contributed by atoms with Gasteiger partial charge in [-0.3, -0.25) is 4.79 Å². The van der Waals surface area contributed by atoms with Gasteiger partial charge in [0.15, 0.2) is 0 Å². The zero-order valence-corrected chi connectivity index (χ0v) is 15.5. The molecule has 6 heteroatoms. The maximum absolute atomic E-state index is 12.6. The summed E-state index contributed by atoms with van der Waals surface area (Å²) in [5.41, 5.74) is 7.99. The molecule has 0 aliphatic rings. The van der Waals surface area contributed by atoms with Crippen LogP contribution in [0, 0.1) is 6.92 Å². The van der Waals surface area contributed by atoms with E-state index in [0.717, 1.165) is 10.5 Å². The number of hydrogen-bond acceptors (Lipinski definition) is 4.